The van der Waals surface area contributed by atoms with Crippen molar-refractivity contribution >= 4 is 23.9 Å². The van der Waals surface area contributed by atoms with Crippen molar-refractivity contribution in [3.63, 3.8) is 0 Å². The van der Waals surface area contributed by atoms with Gasteiger partial charge in [-0.3, -0.25) is 4.99 Å². The van der Waals surface area contributed by atoms with Crippen LogP contribution in [0.2, 0.25) is 0 Å². The molecule has 0 aliphatic heterocycles. The molecule has 1 rings (SSSR count). The number of hydrogen-bond donors (Lipinski definition) is 3. The van der Waals surface area contributed by atoms with E-state index in [1.54, 1.807) is 11.8 Å². The zero-order valence-corrected chi connectivity index (χ0v) is 10.7. The molecule has 0 aliphatic carbocycles. The van der Waals surface area contributed by atoms with Crippen LogP contribution >= 0.6 is 11.8 Å². The molecular formula is C12H15NO4S. The zero-order valence-electron chi connectivity index (χ0n) is 9.91. The molecule has 0 aliphatic rings. The van der Waals surface area contributed by atoms with Gasteiger partial charge >= 0.3 is 5.97 Å². The number of hydrogen-bond acceptors (Lipinski definition) is 5. The monoisotopic (exact) mass is 269 g/mol. The molecule has 6 heteroatoms. The van der Waals surface area contributed by atoms with Crippen LogP contribution in [-0.4, -0.2) is 45.6 Å². The molecule has 3 N–H and O–H groups in total. The zero-order chi connectivity index (χ0) is 13.5. The minimum absolute atomic E-state index is 0.0539. The van der Waals surface area contributed by atoms with Crippen molar-refractivity contribution in [1.29, 1.82) is 0 Å². The predicted molar refractivity (Wildman–Crippen MR) is 71.8 cm³/mol. The number of thioether (sulfide) groups is 1. The Hall–Kier alpha value is -1.69. The average molecular weight is 269 g/mol. The predicted octanol–water partition coefficient (Wildman–Crippen LogP) is 1.72. The number of benzene rings is 1. The van der Waals surface area contributed by atoms with Crippen molar-refractivity contribution in [3.8, 4) is 11.5 Å². The third kappa shape index (κ3) is 4.29. The number of carboxylic acids is 1. The maximum Gasteiger partial charge on any atom is 0.328 e. The van der Waals surface area contributed by atoms with Crippen molar-refractivity contribution in [2.24, 2.45) is 4.99 Å². The van der Waals surface area contributed by atoms with Gasteiger partial charge in [-0.1, -0.05) is 0 Å². The Morgan fingerprint density at radius 1 is 1.50 bits per heavy atom. The van der Waals surface area contributed by atoms with Crippen LogP contribution < -0.4 is 0 Å². The van der Waals surface area contributed by atoms with Crippen LogP contribution in [0.1, 0.15) is 12.0 Å². The summed E-state index contributed by atoms with van der Waals surface area (Å²) in [6.07, 6.45) is 3.65. The molecule has 1 aromatic carbocycles. The van der Waals surface area contributed by atoms with Gasteiger partial charge in [0.05, 0.1) is 0 Å². The number of nitrogens with zero attached hydrogens (tertiary/aromatic N) is 1. The summed E-state index contributed by atoms with van der Waals surface area (Å²) in [4.78, 5) is 14.9. The van der Waals surface area contributed by atoms with E-state index in [2.05, 4.69) is 4.99 Å². The fourth-order valence-corrected chi connectivity index (χ4v) is 1.76. The highest BCUT2D eigenvalue weighted by Gasteiger charge is 2.14. The van der Waals surface area contributed by atoms with Crippen LogP contribution in [0.3, 0.4) is 0 Å². The van der Waals surface area contributed by atoms with E-state index < -0.39 is 12.0 Å². The fourth-order valence-electron chi connectivity index (χ4n) is 1.30. The second kappa shape index (κ2) is 6.90. The van der Waals surface area contributed by atoms with Crippen molar-refractivity contribution < 1.29 is 20.1 Å². The molecular weight excluding hydrogens is 254 g/mol. The lowest BCUT2D eigenvalue weighted by Gasteiger charge is -2.06. The van der Waals surface area contributed by atoms with Crippen molar-refractivity contribution in [2.75, 3.05) is 12.0 Å². The number of carboxylic acid groups (broad SMARTS) is 1. The Balaban J connectivity index is 2.78. The summed E-state index contributed by atoms with van der Waals surface area (Å²) in [6, 6.07) is 3.24. The Morgan fingerprint density at radius 3 is 2.78 bits per heavy atom. The van der Waals surface area contributed by atoms with E-state index in [0.29, 0.717) is 17.7 Å². The van der Waals surface area contributed by atoms with Crippen LogP contribution in [0.5, 0.6) is 11.5 Å². The highest BCUT2D eigenvalue weighted by atomic mass is 32.2. The molecule has 0 spiro atoms. The summed E-state index contributed by atoms with van der Waals surface area (Å²) < 4.78 is 0. The third-order valence-electron chi connectivity index (χ3n) is 2.29. The maximum atomic E-state index is 10.9. The van der Waals surface area contributed by atoms with Gasteiger partial charge < -0.3 is 15.3 Å². The highest BCUT2D eigenvalue weighted by Crippen LogP contribution is 2.21. The van der Waals surface area contributed by atoms with E-state index >= 15 is 0 Å². The Kier molecular flexibility index (Phi) is 5.51. The quantitative estimate of drug-likeness (QED) is 0.684. The van der Waals surface area contributed by atoms with Crippen LogP contribution in [0.15, 0.2) is 23.2 Å². The molecule has 0 unspecified atom stereocenters. The largest absolute Gasteiger partial charge is 0.508 e. The number of phenolic OH excluding ortho intramolecular Hbond substituents is 2. The van der Waals surface area contributed by atoms with Gasteiger partial charge in [-0.2, -0.15) is 11.8 Å². The second-order valence-corrected chi connectivity index (χ2v) is 4.64. The van der Waals surface area contributed by atoms with Crippen LogP contribution in [0.25, 0.3) is 0 Å². The third-order valence-corrected chi connectivity index (χ3v) is 2.93. The van der Waals surface area contributed by atoms with Crippen LogP contribution in [-0.2, 0) is 4.79 Å². The number of phenols is 2. The van der Waals surface area contributed by atoms with Gasteiger partial charge in [0.1, 0.15) is 17.5 Å². The summed E-state index contributed by atoms with van der Waals surface area (Å²) in [5.41, 5.74) is 0.378. The molecule has 0 amide bonds. The lowest BCUT2D eigenvalue weighted by atomic mass is 10.2. The molecule has 0 fully saturated rings. The number of carbonyl (C=O) groups is 1. The lowest BCUT2D eigenvalue weighted by molar-refractivity contribution is -0.138. The van der Waals surface area contributed by atoms with Crippen molar-refractivity contribution in [2.45, 2.75) is 12.5 Å². The summed E-state index contributed by atoms with van der Waals surface area (Å²) in [7, 11) is 0. The smallest absolute Gasteiger partial charge is 0.328 e. The molecule has 0 saturated carbocycles. The Morgan fingerprint density at radius 2 is 2.22 bits per heavy atom. The Labute approximate surface area is 109 Å². The molecule has 0 bridgehead atoms. The molecule has 0 heterocycles. The van der Waals surface area contributed by atoms with Crippen molar-refractivity contribution in [3.05, 3.63) is 23.8 Å². The first-order chi connectivity index (χ1) is 8.54. The Bertz CT molecular complexity index is 448. The molecule has 5 nitrogen and oxygen atoms in total. The molecule has 0 saturated heterocycles. The van der Waals surface area contributed by atoms with Crippen LogP contribution in [0.4, 0.5) is 0 Å². The number of rotatable bonds is 6. The highest BCUT2D eigenvalue weighted by molar-refractivity contribution is 7.98. The van der Waals surface area contributed by atoms with E-state index in [-0.39, 0.29) is 11.5 Å². The maximum absolute atomic E-state index is 10.9. The van der Waals surface area contributed by atoms with Gasteiger partial charge in [-0.15, -0.1) is 0 Å². The molecule has 1 atom stereocenters. The first kappa shape index (κ1) is 14.4. The number of aliphatic imine (C=N–C) groups is 1. The first-order valence-electron chi connectivity index (χ1n) is 5.31. The minimum atomic E-state index is -0.987. The summed E-state index contributed by atoms with van der Waals surface area (Å²) in [5, 5.41) is 27.6. The average Bonchev–Trinajstić information content (AvgIpc) is 2.31. The molecule has 18 heavy (non-hydrogen) atoms. The van der Waals surface area contributed by atoms with Gasteiger partial charge in [0.2, 0.25) is 0 Å². The molecule has 0 aromatic heterocycles. The normalized spacial score (nSPS) is 12.7. The van der Waals surface area contributed by atoms with Crippen LogP contribution in [0, 0.1) is 0 Å². The summed E-state index contributed by atoms with van der Waals surface area (Å²) in [6.45, 7) is 0. The van der Waals surface area contributed by atoms with Gasteiger partial charge in [0.15, 0.2) is 0 Å². The van der Waals surface area contributed by atoms with Crippen molar-refractivity contribution in [1.82, 2.24) is 0 Å². The number of aromatic hydroxyl groups is 2. The van der Waals surface area contributed by atoms with E-state index in [1.807, 2.05) is 6.26 Å². The molecule has 98 valence electrons. The minimum Gasteiger partial charge on any atom is -0.508 e. The van der Waals surface area contributed by atoms with Gasteiger partial charge in [0.25, 0.3) is 0 Å². The SMILES string of the molecule is CSCC[C@H](N=Cc1ccc(O)cc1O)C(=O)O. The van der Waals surface area contributed by atoms with Gasteiger partial charge in [-0.05, 0) is 30.6 Å². The van der Waals surface area contributed by atoms with E-state index in [0.717, 1.165) is 0 Å². The molecule has 1 aromatic rings. The van der Waals surface area contributed by atoms with E-state index in [4.69, 9.17) is 10.2 Å². The second-order valence-electron chi connectivity index (χ2n) is 3.66. The number of aliphatic carboxylic acids is 1. The summed E-state index contributed by atoms with van der Waals surface area (Å²) in [5.74, 6) is -0.469. The summed E-state index contributed by atoms with van der Waals surface area (Å²) >= 11 is 1.55. The van der Waals surface area contributed by atoms with E-state index in [1.165, 1.54) is 24.4 Å². The first-order valence-corrected chi connectivity index (χ1v) is 6.71. The topological polar surface area (TPSA) is 90.1 Å². The standard InChI is InChI=1S/C12H15NO4S/c1-18-5-4-10(12(16)17)13-7-8-2-3-9(14)6-11(8)15/h2-3,6-7,10,14-15H,4-5H2,1H3,(H,16,17)/t10-/m0/s1. The van der Waals surface area contributed by atoms with Gasteiger partial charge in [-0.25, -0.2) is 4.79 Å². The van der Waals surface area contributed by atoms with Gasteiger partial charge in [0, 0.05) is 17.8 Å². The fraction of sp³-hybridized carbons (Fsp3) is 0.333. The molecule has 0 radical (unpaired) electrons. The lowest BCUT2D eigenvalue weighted by Crippen LogP contribution is -2.18. The van der Waals surface area contributed by atoms with E-state index in [9.17, 15) is 9.90 Å².